The van der Waals surface area contributed by atoms with E-state index in [1.807, 2.05) is 24.3 Å². The molecular weight excluding hydrogens is 378 g/mol. The molecule has 1 fully saturated rings. The number of carbonyl (C=O) groups excluding carboxylic acids is 2. The molecule has 0 radical (unpaired) electrons. The van der Waals surface area contributed by atoms with E-state index in [0.717, 1.165) is 5.69 Å². The molecule has 28 heavy (non-hydrogen) atoms. The number of imide groups is 1. The van der Waals surface area contributed by atoms with Crippen LogP contribution >= 0.6 is 11.8 Å². The highest BCUT2D eigenvalue weighted by atomic mass is 32.2. The maximum absolute atomic E-state index is 12.9. The first kappa shape index (κ1) is 19.8. The van der Waals surface area contributed by atoms with Crippen LogP contribution in [0.1, 0.15) is 6.42 Å². The number of amidine groups is 1. The van der Waals surface area contributed by atoms with Gasteiger partial charge in [-0.2, -0.15) is 0 Å². The summed E-state index contributed by atoms with van der Waals surface area (Å²) in [6, 6.07) is 14.4. The molecule has 2 amide bonds. The van der Waals surface area contributed by atoms with Crippen molar-refractivity contribution < 1.29 is 19.1 Å². The fraction of sp³-hybridized carbons (Fsp3) is 0.250. The zero-order valence-electron chi connectivity index (χ0n) is 15.8. The van der Waals surface area contributed by atoms with Crippen LogP contribution < -0.4 is 19.7 Å². The number of rotatable bonds is 5. The molecule has 1 saturated heterocycles. The minimum absolute atomic E-state index is 0.0914. The predicted octanol–water partition coefficient (Wildman–Crippen LogP) is 3.17. The second-order valence-electron chi connectivity index (χ2n) is 5.90. The van der Waals surface area contributed by atoms with E-state index < -0.39 is 5.25 Å². The van der Waals surface area contributed by atoms with Gasteiger partial charge >= 0.3 is 0 Å². The Hall–Kier alpha value is -3.00. The lowest BCUT2D eigenvalue weighted by molar-refractivity contribution is -0.121. The number of benzene rings is 2. The number of aliphatic imine (C=N–C) groups is 1. The molecular formula is C20H21N3O4S. The molecule has 0 aromatic heterocycles. The summed E-state index contributed by atoms with van der Waals surface area (Å²) in [4.78, 5) is 30.9. The Morgan fingerprint density at radius 2 is 1.71 bits per heavy atom. The van der Waals surface area contributed by atoms with Gasteiger partial charge in [0.05, 0.1) is 25.6 Å². The number of hydrogen-bond donors (Lipinski definition) is 1. The fourth-order valence-corrected chi connectivity index (χ4v) is 3.88. The van der Waals surface area contributed by atoms with Crippen molar-refractivity contribution in [1.29, 1.82) is 0 Å². The third-order valence-corrected chi connectivity index (χ3v) is 5.40. The van der Waals surface area contributed by atoms with Gasteiger partial charge < -0.3 is 14.8 Å². The first-order valence-electron chi connectivity index (χ1n) is 8.62. The molecule has 0 spiro atoms. The number of para-hydroxylation sites is 4. The van der Waals surface area contributed by atoms with Crippen molar-refractivity contribution in [2.24, 2.45) is 4.99 Å². The van der Waals surface area contributed by atoms with Crippen molar-refractivity contribution in [3.63, 3.8) is 0 Å². The maximum Gasteiger partial charge on any atom is 0.248 e. The predicted molar refractivity (Wildman–Crippen MR) is 111 cm³/mol. The Kier molecular flexibility index (Phi) is 6.20. The van der Waals surface area contributed by atoms with Crippen molar-refractivity contribution in [1.82, 2.24) is 0 Å². The molecule has 3 rings (SSSR count). The van der Waals surface area contributed by atoms with E-state index in [9.17, 15) is 9.59 Å². The highest BCUT2D eigenvalue weighted by molar-refractivity contribution is 8.15. The van der Waals surface area contributed by atoms with Gasteiger partial charge in [-0.25, -0.2) is 4.90 Å². The summed E-state index contributed by atoms with van der Waals surface area (Å²) >= 11 is 1.22. The Morgan fingerprint density at radius 1 is 1.07 bits per heavy atom. The second kappa shape index (κ2) is 8.79. The van der Waals surface area contributed by atoms with Crippen LogP contribution in [0, 0.1) is 0 Å². The van der Waals surface area contributed by atoms with Gasteiger partial charge in [-0.05, 0) is 24.3 Å². The van der Waals surface area contributed by atoms with Crippen LogP contribution in [0.5, 0.6) is 11.5 Å². The summed E-state index contributed by atoms with van der Waals surface area (Å²) in [5.74, 6) is 0.585. The summed E-state index contributed by atoms with van der Waals surface area (Å²) in [5, 5.41) is 3.12. The van der Waals surface area contributed by atoms with Crippen LogP contribution in [0.25, 0.3) is 0 Å². The number of nitrogens with zero attached hydrogens (tertiary/aromatic N) is 2. The van der Waals surface area contributed by atoms with Crippen LogP contribution in [0.2, 0.25) is 0 Å². The van der Waals surface area contributed by atoms with E-state index in [0.29, 0.717) is 22.4 Å². The van der Waals surface area contributed by atoms with Gasteiger partial charge in [-0.3, -0.25) is 14.6 Å². The standard InChI is InChI=1S/C20H21N3O4S/c1-21-20(22-13-8-4-6-10-15(13)26-2)28-17-12-18(24)23(19(17)25)14-9-5-7-11-16(14)27-3/h4-11,17H,12H2,1-3H3,(H,21,22)/t17-/m1/s1. The average Bonchev–Trinajstić information content (AvgIpc) is 3.00. The number of amides is 2. The van der Waals surface area contributed by atoms with E-state index in [-0.39, 0.29) is 18.2 Å². The topological polar surface area (TPSA) is 80.2 Å². The molecule has 1 aliphatic heterocycles. The van der Waals surface area contributed by atoms with Crippen molar-refractivity contribution >= 4 is 40.1 Å². The molecule has 1 atom stereocenters. The highest BCUT2D eigenvalue weighted by Crippen LogP contribution is 2.36. The molecule has 2 aromatic rings. The number of hydrogen-bond acceptors (Lipinski definition) is 6. The molecule has 0 bridgehead atoms. The van der Waals surface area contributed by atoms with Crippen LogP contribution in [0.3, 0.4) is 0 Å². The van der Waals surface area contributed by atoms with Crippen LogP contribution in [-0.2, 0) is 9.59 Å². The van der Waals surface area contributed by atoms with E-state index in [2.05, 4.69) is 10.3 Å². The third kappa shape index (κ3) is 3.96. The first-order valence-corrected chi connectivity index (χ1v) is 9.50. The molecule has 1 aliphatic rings. The van der Waals surface area contributed by atoms with Gasteiger partial charge in [0.2, 0.25) is 11.8 Å². The minimum atomic E-state index is -0.571. The molecule has 0 saturated carbocycles. The Bertz CT molecular complexity index is 916. The number of nitrogens with one attached hydrogen (secondary N) is 1. The maximum atomic E-state index is 12.9. The lowest BCUT2D eigenvalue weighted by atomic mass is 10.2. The lowest BCUT2D eigenvalue weighted by Gasteiger charge is -2.18. The third-order valence-electron chi connectivity index (χ3n) is 4.24. The minimum Gasteiger partial charge on any atom is -0.495 e. The molecule has 1 heterocycles. The molecule has 2 aromatic carbocycles. The van der Waals surface area contributed by atoms with Crippen molar-refractivity contribution in [2.45, 2.75) is 11.7 Å². The fourth-order valence-electron chi connectivity index (χ4n) is 2.90. The summed E-state index contributed by atoms with van der Waals surface area (Å²) in [7, 11) is 4.72. The summed E-state index contributed by atoms with van der Waals surface area (Å²) in [5.41, 5.74) is 1.19. The van der Waals surface area contributed by atoms with Gasteiger partial charge in [-0.1, -0.05) is 36.0 Å². The zero-order valence-corrected chi connectivity index (χ0v) is 16.7. The molecule has 0 unspecified atom stereocenters. The van der Waals surface area contributed by atoms with Crippen LogP contribution in [-0.4, -0.2) is 43.5 Å². The van der Waals surface area contributed by atoms with Gasteiger partial charge in [0.1, 0.15) is 16.7 Å². The van der Waals surface area contributed by atoms with Gasteiger partial charge in [-0.15, -0.1) is 0 Å². The number of ether oxygens (including phenoxy) is 2. The summed E-state index contributed by atoms with van der Waals surface area (Å²) < 4.78 is 10.6. The lowest BCUT2D eigenvalue weighted by Crippen LogP contribution is -2.32. The summed E-state index contributed by atoms with van der Waals surface area (Å²) in [6.45, 7) is 0. The zero-order chi connectivity index (χ0) is 20.1. The highest BCUT2D eigenvalue weighted by Gasteiger charge is 2.41. The van der Waals surface area contributed by atoms with Gasteiger partial charge in [0.15, 0.2) is 5.17 Å². The van der Waals surface area contributed by atoms with Crippen LogP contribution in [0.15, 0.2) is 53.5 Å². The van der Waals surface area contributed by atoms with E-state index in [1.165, 1.54) is 23.8 Å². The van der Waals surface area contributed by atoms with Crippen LogP contribution in [0.4, 0.5) is 11.4 Å². The second-order valence-corrected chi connectivity index (χ2v) is 7.10. The van der Waals surface area contributed by atoms with Gasteiger partial charge in [0, 0.05) is 13.5 Å². The largest absolute Gasteiger partial charge is 0.495 e. The molecule has 146 valence electrons. The van der Waals surface area contributed by atoms with Crippen molar-refractivity contribution in [3.8, 4) is 11.5 Å². The molecule has 7 nitrogen and oxygen atoms in total. The number of anilines is 2. The monoisotopic (exact) mass is 399 g/mol. The molecule has 0 aliphatic carbocycles. The van der Waals surface area contributed by atoms with Crippen molar-refractivity contribution in [2.75, 3.05) is 31.5 Å². The van der Waals surface area contributed by atoms with E-state index >= 15 is 0 Å². The number of carbonyl (C=O) groups is 2. The Morgan fingerprint density at radius 3 is 2.39 bits per heavy atom. The van der Waals surface area contributed by atoms with Crippen molar-refractivity contribution in [3.05, 3.63) is 48.5 Å². The normalized spacial score (nSPS) is 17.0. The molecule has 1 N–H and O–H groups in total. The SMILES string of the molecule is CN=C(Nc1ccccc1OC)S[C@@H]1CC(=O)N(c2ccccc2OC)C1=O. The van der Waals surface area contributed by atoms with E-state index in [4.69, 9.17) is 9.47 Å². The quantitative estimate of drug-likeness (QED) is 0.473. The average molecular weight is 399 g/mol. The Balaban J connectivity index is 1.77. The number of methoxy groups -OCH3 is 2. The summed E-state index contributed by atoms with van der Waals surface area (Å²) in [6.07, 6.45) is 0.0914. The molecule has 8 heteroatoms. The first-order chi connectivity index (χ1) is 13.6. The Labute approximate surface area is 167 Å². The van der Waals surface area contributed by atoms with Gasteiger partial charge in [0.25, 0.3) is 0 Å². The van der Waals surface area contributed by atoms with E-state index in [1.54, 1.807) is 38.4 Å². The number of thioether (sulfide) groups is 1. The smallest absolute Gasteiger partial charge is 0.248 e.